The molecule has 0 bridgehead atoms. The molecule has 0 fully saturated rings. The summed E-state index contributed by atoms with van der Waals surface area (Å²) in [6.45, 7) is 0.0798. The van der Waals surface area contributed by atoms with Gasteiger partial charge in [-0.3, -0.25) is 0 Å². The van der Waals surface area contributed by atoms with Gasteiger partial charge in [-0.25, -0.2) is 4.79 Å². The summed E-state index contributed by atoms with van der Waals surface area (Å²) < 4.78 is 15.6. The second kappa shape index (κ2) is 6.44. The second-order valence-electron chi connectivity index (χ2n) is 4.46. The van der Waals surface area contributed by atoms with E-state index in [0.717, 1.165) is 11.3 Å². The van der Waals surface area contributed by atoms with E-state index in [0.29, 0.717) is 16.3 Å². The van der Waals surface area contributed by atoms with Gasteiger partial charge >= 0.3 is 5.97 Å². The highest BCUT2D eigenvalue weighted by atomic mass is 32.1. The Hall–Kier alpha value is -2.60. The predicted octanol–water partition coefficient (Wildman–Crippen LogP) is 3.77. The third kappa shape index (κ3) is 3.17. The fourth-order valence-corrected chi connectivity index (χ4v) is 2.49. The molecule has 0 radical (unpaired) electrons. The zero-order chi connectivity index (χ0) is 15.4. The highest BCUT2D eigenvalue weighted by Gasteiger charge is 2.11. The minimum absolute atomic E-state index is 0.0798. The van der Waals surface area contributed by atoms with Gasteiger partial charge in [0.2, 0.25) is 0 Å². The Morgan fingerprint density at radius 2 is 2.09 bits per heavy atom. The lowest BCUT2D eigenvalue weighted by atomic mass is 10.1. The van der Waals surface area contributed by atoms with Crippen LogP contribution in [-0.2, 0) is 11.3 Å². The third-order valence-corrected chi connectivity index (χ3v) is 3.86. The number of hydrogen-bond acceptors (Lipinski definition) is 6. The zero-order valence-corrected chi connectivity index (χ0v) is 12.6. The van der Waals surface area contributed by atoms with Gasteiger partial charge in [-0.1, -0.05) is 11.2 Å². The van der Waals surface area contributed by atoms with Gasteiger partial charge in [0.1, 0.15) is 22.9 Å². The van der Waals surface area contributed by atoms with Crippen molar-refractivity contribution in [1.29, 1.82) is 0 Å². The second-order valence-corrected chi connectivity index (χ2v) is 5.41. The van der Waals surface area contributed by atoms with E-state index < -0.39 is 0 Å². The average Bonchev–Trinajstić information content (AvgIpc) is 3.24. The topological polar surface area (TPSA) is 61.6 Å². The molecule has 112 valence electrons. The van der Waals surface area contributed by atoms with Crippen LogP contribution in [0.25, 0.3) is 11.3 Å². The lowest BCUT2D eigenvalue weighted by molar-refractivity contribution is 0.0470. The molecule has 1 aromatic carbocycles. The maximum atomic E-state index is 11.7. The molecule has 2 heterocycles. The van der Waals surface area contributed by atoms with Gasteiger partial charge in [-0.05, 0) is 35.7 Å². The van der Waals surface area contributed by atoms with Crippen molar-refractivity contribution >= 4 is 17.3 Å². The van der Waals surface area contributed by atoms with Crippen LogP contribution in [0.2, 0.25) is 0 Å². The van der Waals surface area contributed by atoms with E-state index in [1.165, 1.54) is 11.3 Å². The summed E-state index contributed by atoms with van der Waals surface area (Å²) in [7, 11) is 1.61. The molecule has 0 saturated carbocycles. The van der Waals surface area contributed by atoms with Crippen LogP contribution in [0.5, 0.6) is 5.75 Å². The molecule has 0 unspecified atom stereocenters. The van der Waals surface area contributed by atoms with Crippen LogP contribution in [0.3, 0.4) is 0 Å². The molecule has 2 aromatic heterocycles. The quantitative estimate of drug-likeness (QED) is 0.671. The van der Waals surface area contributed by atoms with Crippen molar-refractivity contribution in [2.24, 2.45) is 0 Å². The third-order valence-electron chi connectivity index (χ3n) is 3.01. The fraction of sp³-hybridized carbons (Fsp3) is 0.125. The Balaban J connectivity index is 1.64. The number of ether oxygens (including phenoxy) is 2. The smallest absolute Gasteiger partial charge is 0.348 e. The molecule has 0 atom stereocenters. The van der Waals surface area contributed by atoms with E-state index in [1.54, 1.807) is 25.3 Å². The number of esters is 1. The normalized spacial score (nSPS) is 10.4. The summed E-state index contributed by atoms with van der Waals surface area (Å²) in [5.74, 6) is 1.03. The Morgan fingerprint density at radius 1 is 1.27 bits per heavy atom. The SMILES string of the molecule is COc1ccc(-c2cc(COC(=O)c3cccs3)no2)cc1. The molecule has 6 heteroatoms. The summed E-state index contributed by atoms with van der Waals surface area (Å²) in [5, 5.41) is 5.74. The Morgan fingerprint density at radius 3 is 2.77 bits per heavy atom. The number of carbonyl (C=O) groups is 1. The number of thiophene rings is 1. The van der Waals surface area contributed by atoms with E-state index in [4.69, 9.17) is 14.0 Å². The Labute approximate surface area is 131 Å². The first-order chi connectivity index (χ1) is 10.8. The van der Waals surface area contributed by atoms with Crippen LogP contribution in [0.4, 0.5) is 0 Å². The molecule has 3 aromatic rings. The Bertz CT molecular complexity index is 747. The maximum Gasteiger partial charge on any atom is 0.348 e. The van der Waals surface area contributed by atoms with Crippen molar-refractivity contribution in [2.75, 3.05) is 7.11 Å². The van der Waals surface area contributed by atoms with Crippen molar-refractivity contribution in [3.05, 3.63) is 58.4 Å². The van der Waals surface area contributed by atoms with Crippen LogP contribution in [0, 0.1) is 0 Å². The first-order valence-corrected chi connectivity index (χ1v) is 7.45. The number of methoxy groups -OCH3 is 1. The van der Waals surface area contributed by atoms with Crippen LogP contribution >= 0.6 is 11.3 Å². The summed E-state index contributed by atoms with van der Waals surface area (Å²) in [6.07, 6.45) is 0. The van der Waals surface area contributed by atoms with Crippen molar-refractivity contribution in [2.45, 2.75) is 6.61 Å². The monoisotopic (exact) mass is 315 g/mol. The number of hydrogen-bond donors (Lipinski definition) is 0. The number of rotatable bonds is 5. The molecule has 0 aliphatic carbocycles. The number of benzene rings is 1. The molecule has 0 aliphatic rings. The van der Waals surface area contributed by atoms with E-state index in [2.05, 4.69) is 5.16 Å². The van der Waals surface area contributed by atoms with Gasteiger partial charge in [-0.2, -0.15) is 0 Å². The van der Waals surface area contributed by atoms with E-state index in [1.807, 2.05) is 29.6 Å². The van der Waals surface area contributed by atoms with Crippen LogP contribution in [0.15, 0.2) is 52.4 Å². The van der Waals surface area contributed by atoms with E-state index in [-0.39, 0.29) is 12.6 Å². The first kappa shape index (κ1) is 14.3. The molecule has 3 rings (SSSR count). The summed E-state index contributed by atoms with van der Waals surface area (Å²) in [6, 6.07) is 12.7. The lowest BCUT2D eigenvalue weighted by Crippen LogP contribution is -2.03. The van der Waals surface area contributed by atoms with Crippen molar-refractivity contribution < 1.29 is 18.8 Å². The van der Waals surface area contributed by atoms with Crippen molar-refractivity contribution in [3.63, 3.8) is 0 Å². The molecular weight excluding hydrogens is 302 g/mol. The van der Waals surface area contributed by atoms with Gasteiger partial charge in [0.15, 0.2) is 5.76 Å². The van der Waals surface area contributed by atoms with Crippen LogP contribution < -0.4 is 4.74 Å². The van der Waals surface area contributed by atoms with E-state index >= 15 is 0 Å². The van der Waals surface area contributed by atoms with Crippen LogP contribution in [-0.4, -0.2) is 18.2 Å². The molecule has 0 saturated heterocycles. The molecule has 0 amide bonds. The first-order valence-electron chi connectivity index (χ1n) is 6.57. The highest BCUT2D eigenvalue weighted by Crippen LogP contribution is 2.23. The number of aromatic nitrogens is 1. The summed E-state index contributed by atoms with van der Waals surface area (Å²) in [4.78, 5) is 12.3. The summed E-state index contributed by atoms with van der Waals surface area (Å²) >= 11 is 1.34. The molecule has 0 spiro atoms. The predicted molar refractivity (Wildman–Crippen MR) is 81.9 cm³/mol. The van der Waals surface area contributed by atoms with Crippen molar-refractivity contribution in [3.8, 4) is 17.1 Å². The molecule has 0 aliphatic heterocycles. The number of carbonyl (C=O) groups excluding carboxylic acids is 1. The minimum atomic E-state index is -0.357. The zero-order valence-electron chi connectivity index (χ0n) is 11.8. The lowest BCUT2D eigenvalue weighted by Gasteiger charge is -1.99. The Kier molecular flexibility index (Phi) is 4.20. The molecular formula is C16H13NO4S. The summed E-state index contributed by atoms with van der Waals surface area (Å²) in [5.41, 5.74) is 1.44. The van der Waals surface area contributed by atoms with Gasteiger partial charge < -0.3 is 14.0 Å². The van der Waals surface area contributed by atoms with Gasteiger partial charge in [0, 0.05) is 11.6 Å². The van der Waals surface area contributed by atoms with Gasteiger partial charge in [0.05, 0.1) is 7.11 Å². The maximum absolute atomic E-state index is 11.7. The van der Waals surface area contributed by atoms with Crippen molar-refractivity contribution in [1.82, 2.24) is 5.16 Å². The average molecular weight is 315 g/mol. The largest absolute Gasteiger partial charge is 0.497 e. The molecule has 22 heavy (non-hydrogen) atoms. The van der Waals surface area contributed by atoms with E-state index in [9.17, 15) is 4.79 Å². The molecule has 0 N–H and O–H groups in total. The standard InChI is InChI=1S/C16H13NO4S/c1-19-13-6-4-11(5-7-13)14-9-12(17-21-14)10-20-16(18)15-3-2-8-22-15/h2-9H,10H2,1H3. The van der Waals surface area contributed by atoms with Gasteiger partial charge in [0.25, 0.3) is 0 Å². The van der Waals surface area contributed by atoms with Gasteiger partial charge in [-0.15, -0.1) is 11.3 Å². The fourth-order valence-electron chi connectivity index (χ4n) is 1.88. The highest BCUT2D eigenvalue weighted by molar-refractivity contribution is 7.11. The van der Waals surface area contributed by atoms with Crippen LogP contribution in [0.1, 0.15) is 15.4 Å². The minimum Gasteiger partial charge on any atom is -0.497 e. The molecule has 5 nitrogen and oxygen atoms in total. The number of nitrogens with zero attached hydrogens (tertiary/aromatic N) is 1.